The van der Waals surface area contributed by atoms with Crippen LogP contribution in [0.1, 0.15) is 43.9 Å². The topological polar surface area (TPSA) is 61.4 Å². The summed E-state index contributed by atoms with van der Waals surface area (Å²) in [7, 11) is 0. The van der Waals surface area contributed by atoms with Crippen LogP contribution in [0.15, 0.2) is 42.5 Å². The maximum Gasteiger partial charge on any atom is 0.238 e. The van der Waals surface area contributed by atoms with Crippen LogP contribution in [0.25, 0.3) is 0 Å². The molecule has 0 saturated heterocycles. The molecule has 1 atom stereocenters. The SMILES string of the molecule is CCN(CC(=O)Nc1ccc(NC(C)=O)cc1)C1CCCc2ccc(F)cc21. The molecule has 3 rings (SSSR count). The van der Waals surface area contributed by atoms with Crippen molar-refractivity contribution in [3.63, 3.8) is 0 Å². The number of benzene rings is 2. The summed E-state index contributed by atoms with van der Waals surface area (Å²) in [4.78, 5) is 25.7. The van der Waals surface area contributed by atoms with Crippen molar-refractivity contribution in [2.45, 2.75) is 39.2 Å². The smallest absolute Gasteiger partial charge is 0.238 e. The molecule has 1 aliphatic rings. The average molecular weight is 383 g/mol. The lowest BCUT2D eigenvalue weighted by atomic mass is 9.86. The van der Waals surface area contributed by atoms with Crippen LogP contribution in [-0.4, -0.2) is 29.8 Å². The molecule has 28 heavy (non-hydrogen) atoms. The van der Waals surface area contributed by atoms with Crippen molar-refractivity contribution in [1.29, 1.82) is 0 Å². The summed E-state index contributed by atoms with van der Waals surface area (Å²) in [6.45, 7) is 4.41. The second-order valence-corrected chi connectivity index (χ2v) is 7.12. The summed E-state index contributed by atoms with van der Waals surface area (Å²) in [6, 6.07) is 12.0. The number of fused-ring (bicyclic) bond motifs is 1. The van der Waals surface area contributed by atoms with Gasteiger partial charge in [0, 0.05) is 24.3 Å². The Morgan fingerprint density at radius 1 is 1.11 bits per heavy atom. The summed E-state index contributed by atoms with van der Waals surface area (Å²) in [5, 5.41) is 5.59. The zero-order valence-electron chi connectivity index (χ0n) is 16.3. The number of hydrogen-bond donors (Lipinski definition) is 2. The minimum atomic E-state index is -0.231. The van der Waals surface area contributed by atoms with E-state index in [9.17, 15) is 14.0 Å². The number of hydrogen-bond acceptors (Lipinski definition) is 3. The Balaban J connectivity index is 1.66. The van der Waals surface area contributed by atoms with Gasteiger partial charge >= 0.3 is 0 Å². The molecule has 0 saturated carbocycles. The van der Waals surface area contributed by atoms with Crippen molar-refractivity contribution in [1.82, 2.24) is 4.90 Å². The summed E-state index contributed by atoms with van der Waals surface area (Å²) in [5.41, 5.74) is 3.53. The van der Waals surface area contributed by atoms with Crippen LogP contribution in [0.3, 0.4) is 0 Å². The fraction of sp³-hybridized carbons (Fsp3) is 0.364. The Morgan fingerprint density at radius 2 is 1.79 bits per heavy atom. The molecule has 0 fully saturated rings. The third-order valence-electron chi connectivity index (χ3n) is 5.07. The van der Waals surface area contributed by atoms with Crippen LogP contribution in [0.5, 0.6) is 0 Å². The van der Waals surface area contributed by atoms with Gasteiger partial charge in [-0.05, 0) is 73.3 Å². The highest BCUT2D eigenvalue weighted by Crippen LogP contribution is 2.34. The second kappa shape index (κ2) is 8.97. The van der Waals surface area contributed by atoms with Crippen LogP contribution in [-0.2, 0) is 16.0 Å². The van der Waals surface area contributed by atoms with Gasteiger partial charge in [0.15, 0.2) is 0 Å². The average Bonchev–Trinajstić information content (AvgIpc) is 2.67. The lowest BCUT2D eigenvalue weighted by Crippen LogP contribution is -2.37. The molecule has 0 heterocycles. The zero-order chi connectivity index (χ0) is 20.1. The molecular formula is C22H26FN3O2. The molecule has 1 unspecified atom stereocenters. The molecule has 1 aliphatic carbocycles. The van der Waals surface area contributed by atoms with Gasteiger partial charge in [0.1, 0.15) is 5.82 Å². The van der Waals surface area contributed by atoms with E-state index in [4.69, 9.17) is 0 Å². The van der Waals surface area contributed by atoms with E-state index in [2.05, 4.69) is 15.5 Å². The first kappa shape index (κ1) is 20.0. The van der Waals surface area contributed by atoms with Gasteiger partial charge in [0.25, 0.3) is 0 Å². The Bertz CT molecular complexity index is 851. The molecule has 148 valence electrons. The largest absolute Gasteiger partial charge is 0.326 e. The number of likely N-dealkylation sites (N-methyl/N-ethyl adjacent to an activating group) is 1. The van der Waals surface area contributed by atoms with E-state index in [1.54, 1.807) is 30.3 Å². The number of carbonyl (C=O) groups excluding carboxylic acids is 2. The van der Waals surface area contributed by atoms with Gasteiger partial charge in [-0.25, -0.2) is 4.39 Å². The predicted octanol–water partition coefficient (Wildman–Crippen LogP) is 4.12. The predicted molar refractivity (Wildman–Crippen MR) is 109 cm³/mol. The van der Waals surface area contributed by atoms with Gasteiger partial charge in [-0.2, -0.15) is 0 Å². The molecule has 0 aliphatic heterocycles. The first-order valence-electron chi connectivity index (χ1n) is 9.66. The van der Waals surface area contributed by atoms with Crippen LogP contribution in [0.4, 0.5) is 15.8 Å². The number of nitrogens with one attached hydrogen (secondary N) is 2. The Labute approximate surface area is 164 Å². The van der Waals surface area contributed by atoms with Crippen molar-refractivity contribution in [3.05, 3.63) is 59.4 Å². The van der Waals surface area contributed by atoms with E-state index in [1.165, 1.54) is 18.6 Å². The molecule has 2 aromatic rings. The number of carbonyl (C=O) groups is 2. The number of anilines is 2. The van der Waals surface area contributed by atoms with Gasteiger partial charge in [-0.1, -0.05) is 13.0 Å². The van der Waals surface area contributed by atoms with Crippen molar-refractivity contribution >= 4 is 23.2 Å². The standard InChI is InChI=1S/C22H26FN3O2/c1-3-26(21-6-4-5-16-7-8-17(23)13-20(16)21)14-22(28)25-19-11-9-18(10-12-19)24-15(2)27/h7-13,21H,3-6,14H2,1-2H3,(H,24,27)(H,25,28). The van der Waals surface area contributed by atoms with Crippen LogP contribution in [0, 0.1) is 5.82 Å². The van der Waals surface area contributed by atoms with E-state index in [0.29, 0.717) is 17.9 Å². The molecule has 0 bridgehead atoms. The highest BCUT2D eigenvalue weighted by atomic mass is 19.1. The number of amides is 2. The fourth-order valence-electron chi connectivity index (χ4n) is 3.79. The molecule has 5 nitrogen and oxygen atoms in total. The monoisotopic (exact) mass is 383 g/mol. The summed E-state index contributed by atoms with van der Waals surface area (Å²) in [6.07, 6.45) is 2.91. The molecule has 2 aromatic carbocycles. The number of rotatable bonds is 6. The van der Waals surface area contributed by atoms with E-state index in [0.717, 1.165) is 24.8 Å². The number of halogens is 1. The van der Waals surface area contributed by atoms with Crippen molar-refractivity contribution in [2.75, 3.05) is 23.7 Å². The molecule has 2 N–H and O–H groups in total. The lowest BCUT2D eigenvalue weighted by Gasteiger charge is -2.34. The van der Waals surface area contributed by atoms with Gasteiger partial charge < -0.3 is 10.6 Å². The van der Waals surface area contributed by atoms with E-state index < -0.39 is 0 Å². The van der Waals surface area contributed by atoms with E-state index >= 15 is 0 Å². The Hall–Kier alpha value is -2.73. The summed E-state index contributed by atoms with van der Waals surface area (Å²) < 4.78 is 13.8. The van der Waals surface area contributed by atoms with Gasteiger partial charge in [0.2, 0.25) is 11.8 Å². The van der Waals surface area contributed by atoms with E-state index in [-0.39, 0.29) is 30.2 Å². The minimum Gasteiger partial charge on any atom is -0.326 e. The maximum absolute atomic E-state index is 13.8. The zero-order valence-corrected chi connectivity index (χ0v) is 16.3. The van der Waals surface area contributed by atoms with E-state index in [1.807, 2.05) is 13.0 Å². The fourth-order valence-corrected chi connectivity index (χ4v) is 3.79. The van der Waals surface area contributed by atoms with Crippen LogP contribution >= 0.6 is 0 Å². The Morgan fingerprint density at radius 3 is 2.43 bits per heavy atom. The van der Waals surface area contributed by atoms with Crippen LogP contribution in [0.2, 0.25) is 0 Å². The first-order chi connectivity index (χ1) is 13.5. The summed E-state index contributed by atoms with van der Waals surface area (Å²) in [5.74, 6) is -0.484. The molecule has 0 aromatic heterocycles. The Kier molecular flexibility index (Phi) is 6.41. The first-order valence-corrected chi connectivity index (χ1v) is 9.66. The molecule has 0 spiro atoms. The quantitative estimate of drug-likeness (QED) is 0.789. The third-order valence-corrected chi connectivity index (χ3v) is 5.07. The van der Waals surface area contributed by atoms with Crippen molar-refractivity contribution in [3.8, 4) is 0 Å². The lowest BCUT2D eigenvalue weighted by molar-refractivity contribution is -0.118. The second-order valence-electron chi connectivity index (χ2n) is 7.12. The number of aryl methyl sites for hydroxylation is 1. The van der Waals surface area contributed by atoms with Crippen molar-refractivity contribution < 1.29 is 14.0 Å². The molecule has 0 radical (unpaired) electrons. The van der Waals surface area contributed by atoms with Gasteiger partial charge in [-0.3, -0.25) is 14.5 Å². The van der Waals surface area contributed by atoms with Gasteiger partial charge in [0.05, 0.1) is 6.54 Å². The minimum absolute atomic E-state index is 0.0531. The highest BCUT2D eigenvalue weighted by molar-refractivity contribution is 5.93. The number of nitrogens with zero attached hydrogens (tertiary/aromatic N) is 1. The third kappa shape index (κ3) is 4.95. The molecule has 6 heteroatoms. The normalized spacial score (nSPS) is 15.8. The maximum atomic E-state index is 13.8. The molecule has 2 amide bonds. The summed E-state index contributed by atoms with van der Waals surface area (Å²) >= 11 is 0. The highest BCUT2D eigenvalue weighted by Gasteiger charge is 2.26. The van der Waals surface area contributed by atoms with Gasteiger partial charge in [-0.15, -0.1) is 0 Å². The van der Waals surface area contributed by atoms with Crippen molar-refractivity contribution in [2.24, 2.45) is 0 Å². The van der Waals surface area contributed by atoms with Crippen LogP contribution < -0.4 is 10.6 Å². The molecular weight excluding hydrogens is 357 g/mol.